The number of ether oxygens (including phenoxy) is 1. The van der Waals surface area contributed by atoms with Crippen LogP contribution in [0, 0.1) is 5.82 Å². The van der Waals surface area contributed by atoms with Crippen molar-refractivity contribution >= 4 is 21.7 Å². The average Bonchev–Trinajstić information content (AvgIpc) is 2.80. The molecule has 0 unspecified atom stereocenters. The first-order valence-corrected chi connectivity index (χ1v) is 12.2. The fourth-order valence-corrected chi connectivity index (χ4v) is 5.64. The van der Waals surface area contributed by atoms with Crippen molar-refractivity contribution in [3.63, 3.8) is 0 Å². The lowest BCUT2D eigenvalue weighted by atomic mass is 9.98. The average molecular weight is 447 g/mol. The summed E-state index contributed by atoms with van der Waals surface area (Å²) < 4.78 is 46.4. The van der Waals surface area contributed by atoms with Crippen LogP contribution in [0.1, 0.15) is 42.5 Å². The molecule has 1 saturated heterocycles. The van der Waals surface area contributed by atoms with Crippen molar-refractivity contribution in [1.29, 1.82) is 0 Å². The van der Waals surface area contributed by atoms with Gasteiger partial charge in [0.05, 0.1) is 10.5 Å². The summed E-state index contributed by atoms with van der Waals surface area (Å²) >= 11 is 0. The van der Waals surface area contributed by atoms with E-state index in [0.29, 0.717) is 26.2 Å². The lowest BCUT2D eigenvalue weighted by Gasteiger charge is -2.35. The van der Waals surface area contributed by atoms with Crippen LogP contribution in [0.2, 0.25) is 0 Å². The Balaban J connectivity index is 1.42. The van der Waals surface area contributed by atoms with Crippen molar-refractivity contribution in [3.8, 4) is 0 Å². The molecule has 31 heavy (non-hydrogen) atoms. The van der Waals surface area contributed by atoms with Crippen molar-refractivity contribution < 1.29 is 22.3 Å². The molecule has 8 heteroatoms. The Labute approximate surface area is 182 Å². The second kappa shape index (κ2) is 9.36. The second-order valence-corrected chi connectivity index (χ2v) is 10.00. The topological polar surface area (TPSA) is 66.9 Å². The van der Waals surface area contributed by atoms with Gasteiger partial charge in [-0.3, -0.25) is 0 Å². The van der Waals surface area contributed by atoms with Crippen molar-refractivity contribution in [3.05, 3.63) is 59.9 Å². The van der Waals surface area contributed by atoms with Crippen LogP contribution in [0.3, 0.4) is 0 Å². The minimum atomic E-state index is -3.72. The molecule has 1 heterocycles. The Morgan fingerprint density at radius 3 is 2.29 bits per heavy atom. The van der Waals surface area contributed by atoms with E-state index >= 15 is 0 Å². The number of benzene rings is 2. The van der Waals surface area contributed by atoms with Crippen LogP contribution in [0.4, 0.5) is 10.1 Å². The van der Waals surface area contributed by atoms with E-state index in [1.807, 2.05) is 4.90 Å². The fraction of sp³-hybridized carbons (Fsp3) is 0.435. The quantitative estimate of drug-likeness (QED) is 0.653. The molecule has 1 saturated carbocycles. The highest BCUT2D eigenvalue weighted by Crippen LogP contribution is 2.24. The minimum Gasteiger partial charge on any atom is -0.459 e. The Kier molecular flexibility index (Phi) is 6.57. The molecule has 0 spiro atoms. The third-order valence-electron chi connectivity index (χ3n) is 5.96. The molecular weight excluding hydrogens is 419 g/mol. The fourth-order valence-electron chi connectivity index (χ4n) is 4.17. The van der Waals surface area contributed by atoms with E-state index in [9.17, 15) is 17.6 Å². The van der Waals surface area contributed by atoms with Gasteiger partial charge in [-0.05, 0) is 68.1 Å². The summed E-state index contributed by atoms with van der Waals surface area (Å²) in [6, 6.07) is 12.3. The number of carbonyl (C=O) groups is 1. The van der Waals surface area contributed by atoms with Crippen molar-refractivity contribution in [2.75, 3.05) is 31.1 Å². The molecule has 0 N–H and O–H groups in total. The van der Waals surface area contributed by atoms with Crippen molar-refractivity contribution in [2.45, 2.75) is 43.1 Å². The van der Waals surface area contributed by atoms with Gasteiger partial charge in [0.25, 0.3) is 0 Å². The number of sulfonamides is 1. The maximum Gasteiger partial charge on any atom is 0.338 e. The molecule has 2 aromatic carbocycles. The van der Waals surface area contributed by atoms with E-state index in [1.54, 1.807) is 24.3 Å². The van der Waals surface area contributed by atoms with Gasteiger partial charge in [0, 0.05) is 31.9 Å². The summed E-state index contributed by atoms with van der Waals surface area (Å²) in [5.74, 6) is -0.767. The zero-order valence-corrected chi connectivity index (χ0v) is 18.2. The molecular formula is C23H27FN2O4S. The molecule has 0 atom stereocenters. The first-order chi connectivity index (χ1) is 14.9. The van der Waals surface area contributed by atoms with Crippen LogP contribution < -0.4 is 4.90 Å². The van der Waals surface area contributed by atoms with Crippen LogP contribution >= 0.6 is 0 Å². The number of rotatable bonds is 5. The smallest absolute Gasteiger partial charge is 0.338 e. The number of esters is 1. The Morgan fingerprint density at radius 2 is 1.61 bits per heavy atom. The van der Waals surface area contributed by atoms with E-state index in [2.05, 4.69) is 0 Å². The first kappa shape index (κ1) is 21.8. The van der Waals surface area contributed by atoms with E-state index in [-0.39, 0.29) is 22.4 Å². The number of carbonyl (C=O) groups excluding carboxylic acids is 1. The number of hydrogen-bond acceptors (Lipinski definition) is 5. The van der Waals surface area contributed by atoms with Gasteiger partial charge in [-0.1, -0.05) is 12.5 Å². The Bertz CT molecular complexity index is 1010. The number of halogens is 1. The van der Waals surface area contributed by atoms with Gasteiger partial charge in [0.2, 0.25) is 10.0 Å². The van der Waals surface area contributed by atoms with E-state index in [1.165, 1.54) is 28.6 Å². The highest BCUT2D eigenvalue weighted by atomic mass is 32.2. The second-order valence-electron chi connectivity index (χ2n) is 8.06. The highest BCUT2D eigenvalue weighted by Gasteiger charge is 2.29. The summed E-state index contributed by atoms with van der Waals surface area (Å²) in [5.41, 5.74) is 1.13. The van der Waals surface area contributed by atoms with Crippen LogP contribution in [0.15, 0.2) is 53.4 Å². The van der Waals surface area contributed by atoms with Crippen molar-refractivity contribution in [1.82, 2.24) is 4.31 Å². The summed E-state index contributed by atoms with van der Waals surface area (Å²) in [6.45, 7) is 1.65. The lowest BCUT2D eigenvalue weighted by molar-refractivity contribution is 0.0211. The highest BCUT2D eigenvalue weighted by molar-refractivity contribution is 7.89. The van der Waals surface area contributed by atoms with Gasteiger partial charge in [-0.15, -0.1) is 0 Å². The molecule has 0 aromatic heterocycles. The molecule has 0 amide bonds. The molecule has 0 bridgehead atoms. The number of hydrogen-bond donors (Lipinski definition) is 0. The molecule has 4 rings (SSSR count). The van der Waals surface area contributed by atoms with Gasteiger partial charge in [0.1, 0.15) is 11.9 Å². The Hall–Kier alpha value is -2.45. The molecule has 2 aliphatic rings. The van der Waals surface area contributed by atoms with Gasteiger partial charge in [0.15, 0.2) is 0 Å². The molecule has 2 fully saturated rings. The van der Waals surface area contributed by atoms with Crippen LogP contribution in [-0.4, -0.2) is 51.0 Å². The van der Waals surface area contributed by atoms with Gasteiger partial charge < -0.3 is 9.64 Å². The molecule has 166 valence electrons. The zero-order valence-electron chi connectivity index (χ0n) is 17.4. The zero-order chi connectivity index (χ0) is 21.8. The number of anilines is 1. The third-order valence-corrected chi connectivity index (χ3v) is 7.86. The normalized spacial score (nSPS) is 18.7. The molecule has 6 nitrogen and oxygen atoms in total. The number of nitrogens with zero attached hydrogens (tertiary/aromatic N) is 2. The summed E-state index contributed by atoms with van der Waals surface area (Å²) in [6.07, 6.45) is 4.91. The maximum atomic E-state index is 13.1. The predicted molar refractivity (Wildman–Crippen MR) is 116 cm³/mol. The van der Waals surface area contributed by atoms with E-state index in [0.717, 1.165) is 37.8 Å². The van der Waals surface area contributed by atoms with E-state index in [4.69, 9.17) is 4.74 Å². The maximum absolute atomic E-state index is 13.1. The minimum absolute atomic E-state index is 0.0824. The number of piperazine rings is 1. The monoisotopic (exact) mass is 446 g/mol. The summed E-state index contributed by atoms with van der Waals surface area (Å²) in [5, 5.41) is 0. The lowest BCUT2D eigenvalue weighted by Crippen LogP contribution is -2.48. The predicted octanol–water partition coefficient (Wildman–Crippen LogP) is 3.83. The van der Waals surface area contributed by atoms with Crippen LogP contribution in [0.5, 0.6) is 0 Å². The summed E-state index contributed by atoms with van der Waals surface area (Å²) in [4.78, 5) is 14.7. The third kappa shape index (κ3) is 5.07. The molecule has 0 radical (unpaired) electrons. The van der Waals surface area contributed by atoms with Gasteiger partial charge in [-0.25, -0.2) is 17.6 Å². The Morgan fingerprint density at radius 1 is 0.935 bits per heavy atom. The van der Waals surface area contributed by atoms with Gasteiger partial charge >= 0.3 is 5.97 Å². The molecule has 1 aliphatic carbocycles. The first-order valence-electron chi connectivity index (χ1n) is 10.8. The summed E-state index contributed by atoms with van der Waals surface area (Å²) in [7, 11) is -3.72. The van der Waals surface area contributed by atoms with Crippen LogP contribution in [-0.2, 0) is 14.8 Å². The standard InChI is InChI=1S/C23H27FN2O4S/c24-19-9-11-20(12-10-19)25-13-15-26(16-14-25)31(28,29)22-8-4-5-18(17-22)23(27)30-21-6-2-1-3-7-21/h4-5,8-12,17,21H,1-3,6-7,13-16H2. The van der Waals surface area contributed by atoms with Gasteiger partial charge in [-0.2, -0.15) is 4.31 Å². The largest absolute Gasteiger partial charge is 0.459 e. The molecule has 2 aromatic rings. The SMILES string of the molecule is O=C(OC1CCCCC1)c1cccc(S(=O)(=O)N2CCN(c3ccc(F)cc3)CC2)c1. The van der Waals surface area contributed by atoms with E-state index < -0.39 is 16.0 Å². The van der Waals surface area contributed by atoms with Crippen molar-refractivity contribution in [2.24, 2.45) is 0 Å². The molecule has 1 aliphatic heterocycles. The van der Waals surface area contributed by atoms with Crippen LogP contribution in [0.25, 0.3) is 0 Å².